The first kappa shape index (κ1) is 17.8. The van der Waals surface area contributed by atoms with Crippen LogP contribution in [0.4, 0.5) is 4.39 Å². The van der Waals surface area contributed by atoms with Crippen molar-refractivity contribution >= 4 is 5.78 Å². The number of benzene rings is 1. The highest BCUT2D eigenvalue weighted by molar-refractivity contribution is 5.90. The van der Waals surface area contributed by atoms with Crippen LogP contribution in [0.1, 0.15) is 68.1 Å². The van der Waals surface area contributed by atoms with Gasteiger partial charge in [0.2, 0.25) is 0 Å². The van der Waals surface area contributed by atoms with Crippen LogP contribution in [0.5, 0.6) is 5.75 Å². The molecule has 2 nitrogen and oxygen atoms in total. The van der Waals surface area contributed by atoms with E-state index in [2.05, 4.69) is 19.6 Å². The van der Waals surface area contributed by atoms with Gasteiger partial charge in [0, 0.05) is 5.41 Å². The van der Waals surface area contributed by atoms with Crippen LogP contribution in [0.2, 0.25) is 0 Å². The molecule has 0 amide bonds. The van der Waals surface area contributed by atoms with Crippen molar-refractivity contribution in [2.45, 2.75) is 70.4 Å². The van der Waals surface area contributed by atoms with Crippen molar-refractivity contribution in [3.8, 4) is 5.75 Å². The molecule has 2 saturated carbocycles. The van der Waals surface area contributed by atoms with Gasteiger partial charge in [-0.05, 0) is 91.9 Å². The third-order valence-corrected chi connectivity index (χ3v) is 7.63. The minimum Gasteiger partial charge on any atom is -0.508 e. The number of alkyl halides is 1. The third kappa shape index (κ3) is 2.46. The molecule has 4 rings (SSSR count). The molecule has 5 atom stereocenters. The van der Waals surface area contributed by atoms with Gasteiger partial charge in [-0.15, -0.1) is 6.58 Å². The van der Waals surface area contributed by atoms with Gasteiger partial charge in [0.05, 0.1) is 0 Å². The molecule has 3 heteroatoms. The third-order valence-electron chi connectivity index (χ3n) is 7.63. The first-order valence-corrected chi connectivity index (χ1v) is 10.2. The summed E-state index contributed by atoms with van der Waals surface area (Å²) in [5, 5.41) is 10.3. The summed E-state index contributed by atoms with van der Waals surface area (Å²) in [4.78, 5) is 12.8. The first-order chi connectivity index (χ1) is 12.5. The standard InChI is InChI=1S/C23H29FO2/c1-3-5-15-12-18-14(13-21(15)25)6-7-17-16(18)10-11-23(4-2)19(17)8-9-20(24)22(23)26/h3,12-13,16-17,19-20,25H,1,4-11H2,2H3/t16-,17+,19-,20-,23-/m0/s1. The molecule has 1 N–H and O–H groups in total. The number of halogens is 1. The molecule has 140 valence electrons. The molecule has 0 saturated heterocycles. The Hall–Kier alpha value is -1.64. The fourth-order valence-corrected chi connectivity index (χ4v) is 6.37. The summed E-state index contributed by atoms with van der Waals surface area (Å²) in [7, 11) is 0. The number of rotatable bonds is 3. The number of fused-ring (bicyclic) bond motifs is 5. The van der Waals surface area contributed by atoms with E-state index in [-0.39, 0.29) is 5.78 Å². The van der Waals surface area contributed by atoms with Crippen LogP contribution in [-0.4, -0.2) is 17.1 Å². The largest absolute Gasteiger partial charge is 0.508 e. The Labute approximate surface area is 155 Å². The van der Waals surface area contributed by atoms with Crippen LogP contribution >= 0.6 is 0 Å². The Bertz CT molecular complexity index is 740. The smallest absolute Gasteiger partial charge is 0.173 e. The number of Topliss-reactive ketones (excluding diaryl/α,β-unsaturated/α-hetero) is 1. The zero-order chi connectivity index (χ0) is 18.5. The lowest BCUT2D eigenvalue weighted by Crippen LogP contribution is -2.53. The van der Waals surface area contributed by atoms with Crippen molar-refractivity contribution in [1.82, 2.24) is 0 Å². The van der Waals surface area contributed by atoms with Crippen LogP contribution in [0, 0.1) is 17.3 Å². The SMILES string of the molecule is C=CCc1cc2c(cc1O)CC[C@@H]1[C@@H]2CC[C@]2(CC)C(=O)[C@@H](F)CC[C@@H]12. The number of hydrogen-bond acceptors (Lipinski definition) is 2. The van der Waals surface area contributed by atoms with Crippen molar-refractivity contribution in [2.24, 2.45) is 17.3 Å². The molecule has 0 bridgehead atoms. The predicted molar refractivity (Wildman–Crippen MR) is 101 cm³/mol. The van der Waals surface area contributed by atoms with Gasteiger partial charge in [0.15, 0.2) is 12.0 Å². The number of hydrogen-bond donors (Lipinski definition) is 1. The van der Waals surface area contributed by atoms with E-state index in [9.17, 15) is 14.3 Å². The molecular weight excluding hydrogens is 327 g/mol. The van der Waals surface area contributed by atoms with Crippen molar-refractivity contribution in [1.29, 1.82) is 0 Å². The predicted octanol–water partition coefficient (Wildman–Crippen LogP) is 5.27. The quantitative estimate of drug-likeness (QED) is 0.749. The summed E-state index contributed by atoms with van der Waals surface area (Å²) in [6.07, 6.45) is 7.01. The summed E-state index contributed by atoms with van der Waals surface area (Å²) < 4.78 is 14.2. The maximum absolute atomic E-state index is 14.2. The highest BCUT2D eigenvalue weighted by Gasteiger charge is 2.57. The monoisotopic (exact) mass is 356 g/mol. The summed E-state index contributed by atoms with van der Waals surface area (Å²) in [5.74, 6) is 1.48. The van der Waals surface area contributed by atoms with E-state index < -0.39 is 11.6 Å². The number of aromatic hydroxyl groups is 1. The normalized spacial score (nSPS) is 36.0. The van der Waals surface area contributed by atoms with Gasteiger partial charge in [-0.25, -0.2) is 4.39 Å². The molecule has 1 aromatic rings. The minimum atomic E-state index is -1.25. The lowest BCUT2D eigenvalue weighted by molar-refractivity contribution is -0.149. The Balaban J connectivity index is 1.72. The van der Waals surface area contributed by atoms with Gasteiger partial charge in [0.25, 0.3) is 0 Å². The minimum absolute atomic E-state index is 0.112. The topological polar surface area (TPSA) is 37.3 Å². The molecule has 0 aliphatic heterocycles. The van der Waals surface area contributed by atoms with E-state index in [1.807, 2.05) is 12.1 Å². The lowest BCUT2D eigenvalue weighted by atomic mass is 9.49. The van der Waals surface area contributed by atoms with E-state index in [0.717, 1.165) is 44.1 Å². The summed E-state index contributed by atoms with van der Waals surface area (Å²) in [6, 6.07) is 4.11. The Morgan fingerprint density at radius 1 is 1.31 bits per heavy atom. The highest BCUT2D eigenvalue weighted by atomic mass is 19.1. The second kappa shape index (κ2) is 6.51. The maximum Gasteiger partial charge on any atom is 0.173 e. The van der Waals surface area contributed by atoms with Crippen molar-refractivity contribution in [3.05, 3.63) is 41.5 Å². The number of carbonyl (C=O) groups excluding carboxylic acids is 1. The number of ketones is 1. The van der Waals surface area contributed by atoms with Gasteiger partial charge in [-0.3, -0.25) is 4.79 Å². The van der Waals surface area contributed by atoms with Crippen molar-refractivity contribution < 1.29 is 14.3 Å². The number of carbonyl (C=O) groups is 1. The molecule has 0 radical (unpaired) electrons. The fourth-order valence-electron chi connectivity index (χ4n) is 6.37. The zero-order valence-electron chi connectivity index (χ0n) is 15.6. The van der Waals surface area contributed by atoms with E-state index in [1.165, 1.54) is 11.1 Å². The van der Waals surface area contributed by atoms with Gasteiger partial charge in [0.1, 0.15) is 5.75 Å². The van der Waals surface area contributed by atoms with Crippen LogP contribution in [0.3, 0.4) is 0 Å². The average molecular weight is 356 g/mol. The molecule has 0 aromatic heterocycles. The second-order valence-electron chi connectivity index (χ2n) is 8.55. The van der Waals surface area contributed by atoms with Crippen LogP contribution < -0.4 is 0 Å². The van der Waals surface area contributed by atoms with Crippen molar-refractivity contribution in [2.75, 3.05) is 0 Å². The van der Waals surface area contributed by atoms with E-state index in [4.69, 9.17) is 0 Å². The van der Waals surface area contributed by atoms with E-state index in [0.29, 0.717) is 36.3 Å². The van der Waals surface area contributed by atoms with E-state index >= 15 is 0 Å². The van der Waals surface area contributed by atoms with Gasteiger partial charge in [-0.2, -0.15) is 0 Å². The van der Waals surface area contributed by atoms with Gasteiger partial charge in [-0.1, -0.05) is 19.1 Å². The summed E-state index contributed by atoms with van der Waals surface area (Å²) >= 11 is 0. The Morgan fingerprint density at radius 3 is 2.85 bits per heavy atom. The molecule has 1 aromatic carbocycles. The first-order valence-electron chi connectivity index (χ1n) is 10.2. The fraction of sp³-hybridized carbons (Fsp3) is 0.609. The molecule has 26 heavy (non-hydrogen) atoms. The summed E-state index contributed by atoms with van der Waals surface area (Å²) in [5.41, 5.74) is 3.12. The van der Waals surface area contributed by atoms with Crippen molar-refractivity contribution in [3.63, 3.8) is 0 Å². The van der Waals surface area contributed by atoms with Crippen LogP contribution in [0.25, 0.3) is 0 Å². The van der Waals surface area contributed by atoms with Gasteiger partial charge >= 0.3 is 0 Å². The number of allylic oxidation sites excluding steroid dienone is 1. The Kier molecular flexibility index (Phi) is 4.45. The second-order valence-corrected chi connectivity index (χ2v) is 8.55. The average Bonchev–Trinajstić information content (AvgIpc) is 2.65. The molecule has 2 fully saturated rings. The highest BCUT2D eigenvalue weighted by Crippen LogP contribution is 2.60. The number of aryl methyl sites for hydroxylation is 1. The lowest BCUT2D eigenvalue weighted by Gasteiger charge is -2.55. The molecule has 3 aliphatic rings. The molecule has 0 unspecified atom stereocenters. The van der Waals surface area contributed by atoms with Crippen LogP contribution in [0.15, 0.2) is 24.8 Å². The maximum atomic E-state index is 14.2. The van der Waals surface area contributed by atoms with Crippen LogP contribution in [-0.2, 0) is 17.6 Å². The zero-order valence-corrected chi connectivity index (χ0v) is 15.6. The molecule has 3 aliphatic carbocycles. The Morgan fingerprint density at radius 2 is 2.12 bits per heavy atom. The molecular formula is C23H29FO2. The number of phenolic OH excluding ortho intramolecular Hbond substituents is 1. The van der Waals surface area contributed by atoms with Gasteiger partial charge < -0.3 is 5.11 Å². The number of phenols is 1. The summed E-state index contributed by atoms with van der Waals surface area (Å²) in [6.45, 7) is 5.87. The molecule has 0 spiro atoms. The van der Waals surface area contributed by atoms with E-state index in [1.54, 1.807) is 0 Å². The molecule has 0 heterocycles.